The summed E-state index contributed by atoms with van der Waals surface area (Å²) >= 11 is 0. The van der Waals surface area contributed by atoms with Gasteiger partial charge in [-0.2, -0.15) is 5.10 Å². The van der Waals surface area contributed by atoms with Crippen molar-refractivity contribution >= 4 is 22.0 Å². The van der Waals surface area contributed by atoms with Gasteiger partial charge in [-0.05, 0) is 70.7 Å². The maximum Gasteiger partial charge on any atom is 0.126 e. The maximum atomic E-state index is 14.0. The second-order valence-electron chi connectivity index (χ2n) is 7.20. The summed E-state index contributed by atoms with van der Waals surface area (Å²) in [6.45, 7) is 2.85. The number of ether oxygens (including phenoxy) is 1. The van der Waals surface area contributed by atoms with Gasteiger partial charge in [0.05, 0.1) is 11.7 Å². The Kier molecular flexibility index (Phi) is 6.09. The Labute approximate surface area is 179 Å². The van der Waals surface area contributed by atoms with E-state index in [4.69, 9.17) is 10.5 Å². The van der Waals surface area contributed by atoms with Gasteiger partial charge in [-0.25, -0.2) is 8.78 Å². The third-order valence-corrected chi connectivity index (χ3v) is 5.12. The van der Waals surface area contributed by atoms with Crippen LogP contribution in [0.4, 0.5) is 8.78 Å². The summed E-state index contributed by atoms with van der Waals surface area (Å²) in [5.41, 5.74) is 10.6. The Morgan fingerprint density at radius 3 is 2.32 bits per heavy atom. The van der Waals surface area contributed by atoms with Crippen molar-refractivity contribution in [1.29, 1.82) is 0 Å². The lowest BCUT2D eigenvalue weighted by Gasteiger charge is -2.17. The molecule has 31 heavy (non-hydrogen) atoms. The molecule has 0 amide bonds. The molecule has 3 aromatic carbocycles. The standard InChI is InChI=1S/C25H23F2N3O/c1-2-23(18-12-20(26)14-21(27)13-18)25(16-3-6-22(7-4-16)31-10-9-28)17-5-8-24-19(11-17)15-29-30-24/h3-8,11-15H,2,9-10,28H2,1H3,(H,29,30)/b25-23+. The highest BCUT2D eigenvalue weighted by Gasteiger charge is 2.15. The molecule has 0 aliphatic rings. The van der Waals surface area contributed by atoms with Gasteiger partial charge in [-0.15, -0.1) is 0 Å². The normalized spacial score (nSPS) is 12.1. The fourth-order valence-electron chi connectivity index (χ4n) is 3.76. The molecule has 0 bridgehead atoms. The predicted octanol–water partition coefficient (Wildman–Crippen LogP) is 5.55. The predicted molar refractivity (Wildman–Crippen MR) is 120 cm³/mol. The molecule has 1 aromatic heterocycles. The van der Waals surface area contributed by atoms with Gasteiger partial charge in [0.25, 0.3) is 0 Å². The maximum absolute atomic E-state index is 14.0. The molecule has 158 valence electrons. The number of hydrogen-bond acceptors (Lipinski definition) is 3. The second-order valence-corrected chi connectivity index (χ2v) is 7.20. The molecule has 0 aliphatic carbocycles. The average Bonchev–Trinajstić information content (AvgIpc) is 3.23. The largest absolute Gasteiger partial charge is 0.492 e. The zero-order valence-electron chi connectivity index (χ0n) is 17.2. The smallest absolute Gasteiger partial charge is 0.126 e. The zero-order chi connectivity index (χ0) is 21.8. The molecule has 0 saturated carbocycles. The Balaban J connectivity index is 1.92. The number of aromatic nitrogens is 2. The molecule has 4 nitrogen and oxygen atoms in total. The molecule has 3 N–H and O–H groups in total. The van der Waals surface area contributed by atoms with Gasteiger partial charge in [0.15, 0.2) is 0 Å². The first-order valence-corrected chi connectivity index (χ1v) is 10.2. The van der Waals surface area contributed by atoms with Crippen LogP contribution in [0.25, 0.3) is 22.0 Å². The van der Waals surface area contributed by atoms with Crippen molar-refractivity contribution in [2.24, 2.45) is 5.73 Å². The van der Waals surface area contributed by atoms with Gasteiger partial charge in [-0.3, -0.25) is 5.10 Å². The number of nitrogens with one attached hydrogen (secondary N) is 1. The van der Waals surface area contributed by atoms with Crippen LogP contribution in [-0.4, -0.2) is 23.3 Å². The molecule has 4 aromatic rings. The lowest BCUT2D eigenvalue weighted by atomic mass is 9.87. The fraction of sp³-hybridized carbons (Fsp3) is 0.160. The van der Waals surface area contributed by atoms with Crippen LogP contribution in [-0.2, 0) is 0 Å². The van der Waals surface area contributed by atoms with Gasteiger partial charge in [0.1, 0.15) is 24.0 Å². The van der Waals surface area contributed by atoms with Gasteiger partial charge in [-0.1, -0.05) is 25.1 Å². The zero-order valence-corrected chi connectivity index (χ0v) is 17.2. The summed E-state index contributed by atoms with van der Waals surface area (Å²) in [5, 5.41) is 8.00. The topological polar surface area (TPSA) is 63.9 Å². The summed E-state index contributed by atoms with van der Waals surface area (Å²) in [6.07, 6.45) is 2.35. The van der Waals surface area contributed by atoms with E-state index in [9.17, 15) is 8.78 Å². The van der Waals surface area contributed by atoms with Crippen molar-refractivity contribution in [3.63, 3.8) is 0 Å². The number of nitrogens with two attached hydrogens (primary N) is 1. The van der Waals surface area contributed by atoms with Crippen molar-refractivity contribution < 1.29 is 13.5 Å². The Morgan fingerprint density at radius 1 is 0.935 bits per heavy atom. The van der Waals surface area contributed by atoms with E-state index in [1.54, 1.807) is 6.20 Å². The van der Waals surface area contributed by atoms with Crippen molar-refractivity contribution in [3.8, 4) is 5.75 Å². The highest BCUT2D eigenvalue weighted by molar-refractivity contribution is 6.00. The number of benzene rings is 3. The van der Waals surface area contributed by atoms with E-state index in [-0.39, 0.29) is 0 Å². The molecule has 6 heteroatoms. The molecule has 0 atom stereocenters. The van der Waals surface area contributed by atoms with Crippen LogP contribution in [0, 0.1) is 11.6 Å². The van der Waals surface area contributed by atoms with Crippen molar-refractivity contribution in [3.05, 3.63) is 95.2 Å². The van der Waals surface area contributed by atoms with Crippen LogP contribution < -0.4 is 10.5 Å². The van der Waals surface area contributed by atoms with E-state index in [1.807, 2.05) is 49.4 Å². The number of fused-ring (bicyclic) bond motifs is 1. The van der Waals surface area contributed by atoms with Gasteiger partial charge < -0.3 is 10.5 Å². The lowest BCUT2D eigenvalue weighted by Crippen LogP contribution is -2.10. The van der Waals surface area contributed by atoms with Gasteiger partial charge >= 0.3 is 0 Å². The fourth-order valence-corrected chi connectivity index (χ4v) is 3.76. The molecule has 0 saturated heterocycles. The van der Waals surface area contributed by atoms with Crippen LogP contribution in [0.1, 0.15) is 30.0 Å². The number of H-pyrrole nitrogens is 1. The third kappa shape index (κ3) is 4.49. The minimum atomic E-state index is -0.601. The van der Waals surface area contributed by atoms with E-state index in [0.29, 0.717) is 30.9 Å². The Morgan fingerprint density at radius 2 is 1.65 bits per heavy atom. The van der Waals surface area contributed by atoms with Crippen molar-refractivity contribution in [1.82, 2.24) is 10.2 Å². The highest BCUT2D eigenvalue weighted by Crippen LogP contribution is 2.36. The van der Waals surface area contributed by atoms with E-state index in [2.05, 4.69) is 10.2 Å². The molecule has 4 rings (SSSR count). The Bertz CT molecular complexity index is 1210. The minimum Gasteiger partial charge on any atom is -0.492 e. The SMILES string of the molecule is CC/C(=C(/c1ccc(OCCN)cc1)c1ccc2[nH]ncc2c1)c1cc(F)cc(F)c1. The van der Waals surface area contributed by atoms with Crippen molar-refractivity contribution in [2.75, 3.05) is 13.2 Å². The summed E-state index contributed by atoms with van der Waals surface area (Å²) in [4.78, 5) is 0. The summed E-state index contributed by atoms with van der Waals surface area (Å²) in [5.74, 6) is -0.485. The van der Waals surface area contributed by atoms with Crippen LogP contribution >= 0.6 is 0 Å². The Hall–Kier alpha value is -3.51. The summed E-state index contributed by atoms with van der Waals surface area (Å²) in [7, 11) is 0. The lowest BCUT2D eigenvalue weighted by molar-refractivity contribution is 0.328. The first-order valence-electron chi connectivity index (χ1n) is 10.2. The van der Waals surface area contributed by atoms with Gasteiger partial charge in [0.2, 0.25) is 0 Å². The molecule has 0 spiro atoms. The average molecular weight is 419 g/mol. The first kappa shape index (κ1) is 20.8. The molecular formula is C25H23F2N3O. The molecule has 0 unspecified atom stereocenters. The summed E-state index contributed by atoms with van der Waals surface area (Å²) < 4.78 is 33.7. The van der Waals surface area contributed by atoms with E-state index in [0.717, 1.165) is 39.2 Å². The quantitative estimate of drug-likeness (QED) is 0.386. The highest BCUT2D eigenvalue weighted by atomic mass is 19.1. The molecule has 1 heterocycles. The number of aromatic amines is 1. The minimum absolute atomic E-state index is 0.433. The number of nitrogens with zero attached hydrogens (tertiary/aromatic N) is 1. The van der Waals surface area contributed by atoms with E-state index in [1.165, 1.54) is 12.1 Å². The first-order chi connectivity index (χ1) is 15.1. The number of allylic oxidation sites excluding steroid dienone is 1. The number of hydrogen-bond donors (Lipinski definition) is 2. The number of rotatable bonds is 7. The molecular weight excluding hydrogens is 396 g/mol. The van der Waals surface area contributed by atoms with Crippen LogP contribution in [0.5, 0.6) is 5.75 Å². The molecule has 0 aliphatic heterocycles. The monoisotopic (exact) mass is 419 g/mol. The van der Waals surface area contributed by atoms with E-state index >= 15 is 0 Å². The van der Waals surface area contributed by atoms with Gasteiger partial charge in [0, 0.05) is 18.0 Å². The van der Waals surface area contributed by atoms with Crippen LogP contribution in [0.3, 0.4) is 0 Å². The summed E-state index contributed by atoms with van der Waals surface area (Å²) in [6, 6.07) is 17.2. The van der Waals surface area contributed by atoms with E-state index < -0.39 is 11.6 Å². The third-order valence-electron chi connectivity index (χ3n) is 5.12. The molecule has 0 radical (unpaired) electrons. The molecule has 0 fully saturated rings. The van der Waals surface area contributed by atoms with Crippen LogP contribution in [0.15, 0.2) is 66.9 Å². The second kappa shape index (κ2) is 9.10. The number of halogens is 2. The van der Waals surface area contributed by atoms with Crippen LogP contribution in [0.2, 0.25) is 0 Å². The van der Waals surface area contributed by atoms with Crippen molar-refractivity contribution in [2.45, 2.75) is 13.3 Å².